The number of carbonyl (C=O) groups excluding carboxylic acids is 1. The lowest BCUT2D eigenvalue weighted by atomic mass is 9.73. The summed E-state index contributed by atoms with van der Waals surface area (Å²) in [6.07, 6.45) is 7.10. The predicted octanol–water partition coefficient (Wildman–Crippen LogP) is 3.58. The SMILES string of the molecule is Cc1cc2ncc(C3(O)CC4CCCC(C3)N4C(=O)OCc3ccccc3)cn2n1. The number of hydrogen-bond donors (Lipinski definition) is 1. The Morgan fingerprint density at radius 2 is 1.97 bits per heavy atom. The first-order valence-corrected chi connectivity index (χ1v) is 10.6. The Morgan fingerprint density at radius 1 is 1.23 bits per heavy atom. The standard InChI is InChI=1S/C23H26N4O3/c1-16-10-21-24-13-18(14-26(21)25-16)23(29)11-19-8-5-9-20(12-23)27(19)22(28)30-15-17-6-3-2-4-7-17/h2-4,6-7,10,13-14,19-20,29H,5,8-9,11-12,15H2,1H3. The van der Waals surface area contributed by atoms with E-state index in [9.17, 15) is 9.90 Å². The van der Waals surface area contributed by atoms with Gasteiger partial charge in [-0.15, -0.1) is 0 Å². The summed E-state index contributed by atoms with van der Waals surface area (Å²) >= 11 is 0. The molecule has 156 valence electrons. The van der Waals surface area contributed by atoms with E-state index in [0.29, 0.717) is 12.8 Å². The van der Waals surface area contributed by atoms with Crippen LogP contribution >= 0.6 is 0 Å². The molecule has 2 unspecified atom stereocenters. The van der Waals surface area contributed by atoms with Crippen molar-refractivity contribution in [3.05, 3.63) is 65.6 Å². The highest BCUT2D eigenvalue weighted by molar-refractivity contribution is 5.69. The monoisotopic (exact) mass is 406 g/mol. The van der Waals surface area contributed by atoms with Crippen molar-refractivity contribution in [3.63, 3.8) is 0 Å². The van der Waals surface area contributed by atoms with Gasteiger partial charge in [-0.3, -0.25) is 0 Å². The van der Waals surface area contributed by atoms with Crippen LogP contribution in [0.4, 0.5) is 4.79 Å². The maximum Gasteiger partial charge on any atom is 0.410 e. The van der Waals surface area contributed by atoms with Crippen LogP contribution in [0.25, 0.3) is 5.65 Å². The molecule has 2 atom stereocenters. The molecule has 0 radical (unpaired) electrons. The Hall–Kier alpha value is -2.93. The van der Waals surface area contributed by atoms with Gasteiger partial charge in [-0.25, -0.2) is 14.3 Å². The zero-order valence-corrected chi connectivity index (χ0v) is 17.1. The Bertz CT molecular complexity index is 1050. The highest BCUT2D eigenvalue weighted by Gasteiger charge is 2.49. The fourth-order valence-corrected chi connectivity index (χ4v) is 4.99. The first-order valence-electron chi connectivity index (χ1n) is 10.6. The van der Waals surface area contributed by atoms with E-state index >= 15 is 0 Å². The van der Waals surface area contributed by atoms with Crippen LogP contribution in [0.3, 0.4) is 0 Å². The van der Waals surface area contributed by atoms with Gasteiger partial charge in [-0.1, -0.05) is 30.3 Å². The molecule has 2 bridgehead atoms. The molecule has 2 aliphatic rings. The van der Waals surface area contributed by atoms with Gasteiger partial charge in [0.25, 0.3) is 0 Å². The first-order chi connectivity index (χ1) is 14.5. The number of hydrogen-bond acceptors (Lipinski definition) is 5. The van der Waals surface area contributed by atoms with Crippen LogP contribution < -0.4 is 0 Å². The number of carbonyl (C=O) groups is 1. The molecule has 7 nitrogen and oxygen atoms in total. The average Bonchev–Trinajstić information content (AvgIpc) is 3.11. The van der Waals surface area contributed by atoms with Crippen LogP contribution in [0.2, 0.25) is 0 Å². The smallest absolute Gasteiger partial charge is 0.410 e. The molecule has 0 aliphatic carbocycles. The van der Waals surface area contributed by atoms with Gasteiger partial charge in [0, 0.05) is 48.9 Å². The molecule has 1 N–H and O–H groups in total. The van der Waals surface area contributed by atoms with Gasteiger partial charge in [-0.05, 0) is 31.7 Å². The Labute approximate surface area is 175 Å². The maximum absolute atomic E-state index is 12.9. The summed E-state index contributed by atoms with van der Waals surface area (Å²) < 4.78 is 7.34. The van der Waals surface area contributed by atoms with Crippen molar-refractivity contribution in [1.82, 2.24) is 19.5 Å². The Morgan fingerprint density at radius 3 is 2.70 bits per heavy atom. The number of piperidine rings is 2. The predicted molar refractivity (Wildman–Crippen MR) is 111 cm³/mol. The van der Waals surface area contributed by atoms with Crippen molar-refractivity contribution in [2.75, 3.05) is 0 Å². The zero-order valence-electron chi connectivity index (χ0n) is 17.1. The van der Waals surface area contributed by atoms with E-state index in [4.69, 9.17) is 4.74 Å². The molecular formula is C23H26N4O3. The second-order valence-electron chi connectivity index (χ2n) is 8.56. The summed E-state index contributed by atoms with van der Waals surface area (Å²) in [6, 6.07) is 11.5. The largest absolute Gasteiger partial charge is 0.445 e. The van der Waals surface area contributed by atoms with Gasteiger partial charge in [0.2, 0.25) is 0 Å². The molecule has 2 fully saturated rings. The average molecular weight is 406 g/mol. The molecule has 2 saturated heterocycles. The zero-order chi connectivity index (χ0) is 20.7. The summed E-state index contributed by atoms with van der Waals surface area (Å²) in [7, 11) is 0. The molecule has 2 aliphatic heterocycles. The maximum atomic E-state index is 12.9. The number of rotatable bonds is 3. The van der Waals surface area contributed by atoms with Crippen LogP contribution in [-0.2, 0) is 16.9 Å². The minimum absolute atomic E-state index is 0.0409. The summed E-state index contributed by atoms with van der Waals surface area (Å²) in [4.78, 5) is 19.2. The van der Waals surface area contributed by atoms with Gasteiger partial charge >= 0.3 is 6.09 Å². The van der Waals surface area contributed by atoms with E-state index in [0.717, 1.165) is 41.7 Å². The topological polar surface area (TPSA) is 80.0 Å². The summed E-state index contributed by atoms with van der Waals surface area (Å²) in [5.41, 5.74) is 2.36. The van der Waals surface area contributed by atoms with Gasteiger partial charge < -0.3 is 14.7 Å². The lowest BCUT2D eigenvalue weighted by Gasteiger charge is -2.51. The minimum Gasteiger partial charge on any atom is -0.445 e. The molecule has 0 spiro atoms. The molecule has 7 heteroatoms. The van der Waals surface area contributed by atoms with Crippen LogP contribution in [-0.4, -0.2) is 42.8 Å². The molecule has 1 amide bonds. The van der Waals surface area contributed by atoms with E-state index in [2.05, 4.69) is 10.1 Å². The van der Waals surface area contributed by atoms with Crippen LogP contribution in [0, 0.1) is 6.92 Å². The molecular weight excluding hydrogens is 380 g/mol. The van der Waals surface area contributed by atoms with Gasteiger partial charge in [-0.2, -0.15) is 5.10 Å². The molecule has 5 rings (SSSR count). The second-order valence-corrected chi connectivity index (χ2v) is 8.56. The number of aryl methyl sites for hydroxylation is 1. The summed E-state index contributed by atoms with van der Waals surface area (Å²) in [5.74, 6) is 0. The Kier molecular flexibility index (Phi) is 4.70. The third-order valence-electron chi connectivity index (χ3n) is 6.40. The minimum atomic E-state index is -1.02. The summed E-state index contributed by atoms with van der Waals surface area (Å²) in [5, 5.41) is 16.0. The number of benzene rings is 1. The molecule has 0 saturated carbocycles. The van der Waals surface area contributed by atoms with E-state index in [1.54, 1.807) is 10.7 Å². The van der Waals surface area contributed by atoms with E-state index in [1.165, 1.54) is 0 Å². The number of aliphatic hydroxyl groups is 1. The van der Waals surface area contributed by atoms with E-state index in [1.807, 2.05) is 54.4 Å². The quantitative estimate of drug-likeness (QED) is 0.719. The molecule has 2 aromatic heterocycles. The molecule has 30 heavy (non-hydrogen) atoms. The van der Waals surface area contributed by atoms with E-state index in [-0.39, 0.29) is 24.8 Å². The third kappa shape index (κ3) is 3.43. The molecule has 1 aromatic carbocycles. The first kappa shape index (κ1) is 19.1. The number of nitrogens with zero attached hydrogens (tertiary/aromatic N) is 4. The molecule has 3 aromatic rings. The van der Waals surface area contributed by atoms with Crippen LogP contribution in [0.1, 0.15) is 48.9 Å². The van der Waals surface area contributed by atoms with Gasteiger partial charge in [0.1, 0.15) is 6.61 Å². The van der Waals surface area contributed by atoms with Crippen LogP contribution in [0.15, 0.2) is 48.8 Å². The number of amides is 1. The van der Waals surface area contributed by atoms with Crippen molar-refractivity contribution < 1.29 is 14.6 Å². The van der Waals surface area contributed by atoms with Crippen molar-refractivity contribution in [3.8, 4) is 0 Å². The van der Waals surface area contributed by atoms with Crippen molar-refractivity contribution >= 4 is 11.7 Å². The number of fused-ring (bicyclic) bond motifs is 3. The lowest BCUT2D eigenvalue weighted by molar-refractivity contribution is -0.0900. The fraction of sp³-hybridized carbons (Fsp3) is 0.435. The van der Waals surface area contributed by atoms with Crippen molar-refractivity contribution in [1.29, 1.82) is 0 Å². The summed E-state index contributed by atoms with van der Waals surface area (Å²) in [6.45, 7) is 2.19. The molecule has 4 heterocycles. The highest BCUT2D eigenvalue weighted by atomic mass is 16.6. The lowest BCUT2D eigenvalue weighted by Crippen LogP contribution is -2.59. The number of ether oxygens (including phenoxy) is 1. The third-order valence-corrected chi connectivity index (χ3v) is 6.40. The van der Waals surface area contributed by atoms with Crippen LogP contribution in [0.5, 0.6) is 0 Å². The Balaban J connectivity index is 1.35. The highest BCUT2D eigenvalue weighted by Crippen LogP contribution is 2.44. The number of aromatic nitrogens is 3. The second kappa shape index (κ2) is 7.40. The van der Waals surface area contributed by atoms with Crippen molar-refractivity contribution in [2.24, 2.45) is 0 Å². The fourth-order valence-electron chi connectivity index (χ4n) is 4.99. The van der Waals surface area contributed by atoms with Crippen molar-refractivity contribution in [2.45, 2.75) is 63.3 Å². The van der Waals surface area contributed by atoms with Gasteiger partial charge in [0.15, 0.2) is 5.65 Å². The normalized spacial score (nSPS) is 26.0. The van der Waals surface area contributed by atoms with E-state index < -0.39 is 5.60 Å². The van der Waals surface area contributed by atoms with Gasteiger partial charge in [0.05, 0.1) is 11.3 Å².